The van der Waals surface area contributed by atoms with Crippen molar-refractivity contribution in [1.82, 2.24) is 15.5 Å². The first-order chi connectivity index (χ1) is 17.8. The Hall–Kier alpha value is -3.43. The van der Waals surface area contributed by atoms with E-state index < -0.39 is 29.6 Å². The quantitative estimate of drug-likeness (QED) is 0.247. The normalized spacial score (nSPS) is 25.0. The minimum absolute atomic E-state index is 0.0180. The maximum atomic E-state index is 14.5. The number of imide groups is 1. The largest absolute Gasteiger partial charge is 0.342 e. The van der Waals surface area contributed by atoms with Crippen LogP contribution >= 0.6 is 0 Å². The van der Waals surface area contributed by atoms with Crippen LogP contribution in [0.3, 0.4) is 0 Å². The van der Waals surface area contributed by atoms with Crippen molar-refractivity contribution in [3.63, 3.8) is 0 Å². The predicted octanol–water partition coefficient (Wildman–Crippen LogP) is 5.22. The molecule has 1 aliphatic heterocycles. The highest BCUT2D eigenvalue weighted by molar-refractivity contribution is 6.04. The average molecular weight is 530 g/mol. The number of allylic oxidation sites excluding steroid dienone is 2. The summed E-state index contributed by atoms with van der Waals surface area (Å²) in [6.45, 7) is 13.6. The zero-order valence-corrected chi connectivity index (χ0v) is 22.7. The molecule has 1 saturated heterocycles. The molecule has 0 spiro atoms. The molecule has 38 heavy (non-hydrogen) atoms. The fourth-order valence-corrected chi connectivity index (χ4v) is 5.66. The van der Waals surface area contributed by atoms with Crippen LogP contribution in [-0.2, 0) is 9.59 Å². The van der Waals surface area contributed by atoms with E-state index in [1.54, 1.807) is 11.0 Å². The standard InChI is InChI=1S/C28H37F2N5O3/c1-7-35(23(36)12-11-21-25(37)33-26(38)32-21)16-28(5)14-13-18(27(28,3)4)17(2)15-22(34-31-6)24-19(29)9-8-10-20(24)30/h8-10,15,18,21H,2,7,11-14,16H2,1,3-6H3,(H2,32,33,37,38)/b22-15-,34-31-/t18-,21?,28-/m0/s1. The fraction of sp³-hybridized carbons (Fsp3) is 0.536. The van der Waals surface area contributed by atoms with Gasteiger partial charge in [0.05, 0.1) is 11.3 Å². The first-order valence-corrected chi connectivity index (χ1v) is 12.9. The molecule has 206 valence electrons. The molecule has 1 saturated carbocycles. The van der Waals surface area contributed by atoms with Crippen molar-refractivity contribution < 1.29 is 23.2 Å². The van der Waals surface area contributed by atoms with Gasteiger partial charge in [-0.05, 0) is 66.7 Å². The van der Waals surface area contributed by atoms with Crippen LogP contribution in [0.1, 0.15) is 58.9 Å². The highest BCUT2D eigenvalue weighted by Crippen LogP contribution is 2.58. The zero-order valence-electron chi connectivity index (χ0n) is 22.7. The van der Waals surface area contributed by atoms with Gasteiger partial charge < -0.3 is 10.2 Å². The lowest BCUT2D eigenvalue weighted by Gasteiger charge is -2.45. The molecule has 2 aliphatic rings. The Kier molecular flexibility index (Phi) is 8.84. The Morgan fingerprint density at radius 1 is 1.24 bits per heavy atom. The van der Waals surface area contributed by atoms with E-state index in [1.165, 1.54) is 25.2 Å². The Labute approximate surface area is 222 Å². The number of nitrogens with one attached hydrogen (secondary N) is 2. The predicted molar refractivity (Wildman–Crippen MR) is 141 cm³/mol. The zero-order chi connectivity index (χ0) is 28.3. The second kappa shape index (κ2) is 11.5. The van der Waals surface area contributed by atoms with E-state index in [0.29, 0.717) is 18.7 Å². The van der Waals surface area contributed by atoms with Crippen LogP contribution in [0.2, 0.25) is 0 Å². The summed E-state index contributed by atoms with van der Waals surface area (Å²) >= 11 is 0. The number of amides is 4. The maximum absolute atomic E-state index is 14.5. The van der Waals surface area contributed by atoms with Gasteiger partial charge >= 0.3 is 6.03 Å². The van der Waals surface area contributed by atoms with Crippen molar-refractivity contribution in [2.24, 2.45) is 27.0 Å². The molecular formula is C28H37F2N5O3. The van der Waals surface area contributed by atoms with Gasteiger partial charge in [0.2, 0.25) is 5.91 Å². The molecule has 0 aromatic heterocycles. The molecule has 3 rings (SSSR count). The monoisotopic (exact) mass is 529 g/mol. The van der Waals surface area contributed by atoms with Gasteiger partial charge in [0, 0.05) is 26.6 Å². The van der Waals surface area contributed by atoms with E-state index in [4.69, 9.17) is 0 Å². The fourth-order valence-electron chi connectivity index (χ4n) is 5.66. The smallest absolute Gasteiger partial charge is 0.322 e. The van der Waals surface area contributed by atoms with Crippen LogP contribution in [0.25, 0.3) is 5.70 Å². The van der Waals surface area contributed by atoms with Gasteiger partial charge in [-0.2, -0.15) is 10.2 Å². The summed E-state index contributed by atoms with van der Waals surface area (Å²) in [7, 11) is 1.44. The number of benzene rings is 1. The van der Waals surface area contributed by atoms with Gasteiger partial charge in [-0.3, -0.25) is 14.9 Å². The van der Waals surface area contributed by atoms with Crippen LogP contribution in [-0.4, -0.2) is 48.9 Å². The van der Waals surface area contributed by atoms with Crippen molar-refractivity contribution in [2.45, 2.75) is 59.4 Å². The van der Waals surface area contributed by atoms with Crippen molar-refractivity contribution in [2.75, 3.05) is 20.1 Å². The molecule has 2 fully saturated rings. The van der Waals surface area contributed by atoms with Gasteiger partial charge in [-0.15, -0.1) is 0 Å². The van der Waals surface area contributed by atoms with E-state index >= 15 is 0 Å². The summed E-state index contributed by atoms with van der Waals surface area (Å²) in [5.41, 5.74) is -0.0512. The highest BCUT2D eigenvalue weighted by atomic mass is 19.1. The van der Waals surface area contributed by atoms with Gasteiger partial charge in [-0.25, -0.2) is 13.6 Å². The van der Waals surface area contributed by atoms with Gasteiger partial charge in [0.25, 0.3) is 5.91 Å². The number of carbonyl (C=O) groups is 3. The summed E-state index contributed by atoms with van der Waals surface area (Å²) < 4.78 is 29.0. The lowest BCUT2D eigenvalue weighted by atomic mass is 9.64. The molecule has 8 nitrogen and oxygen atoms in total. The number of hydrogen-bond donors (Lipinski definition) is 2. The summed E-state index contributed by atoms with van der Waals surface area (Å²) in [6.07, 6.45) is 3.59. The van der Waals surface area contributed by atoms with E-state index in [9.17, 15) is 23.2 Å². The first kappa shape index (κ1) is 29.1. The SMILES string of the molecule is C=C(/C=C(\N=N/C)c1c(F)cccc1F)[C@@H]1CC[C@@](C)(CN(CC)C(=O)CCC2NC(=O)NC2=O)C1(C)C. The number of hydrogen-bond acceptors (Lipinski definition) is 5. The van der Waals surface area contributed by atoms with Crippen molar-refractivity contribution in [3.05, 3.63) is 53.6 Å². The van der Waals surface area contributed by atoms with Crippen molar-refractivity contribution in [3.8, 4) is 0 Å². The number of urea groups is 1. The Balaban J connectivity index is 1.76. The average Bonchev–Trinajstić information content (AvgIpc) is 3.29. The van der Waals surface area contributed by atoms with E-state index in [1.807, 2.05) is 6.92 Å². The Morgan fingerprint density at radius 3 is 2.45 bits per heavy atom. The van der Waals surface area contributed by atoms with Crippen molar-refractivity contribution in [1.29, 1.82) is 0 Å². The molecule has 3 atom stereocenters. The molecule has 4 amide bonds. The third-order valence-electron chi connectivity index (χ3n) is 8.39. The molecule has 10 heteroatoms. The Bertz CT molecular complexity index is 1160. The number of azo groups is 1. The van der Waals surface area contributed by atoms with E-state index in [-0.39, 0.29) is 46.8 Å². The molecular weight excluding hydrogens is 492 g/mol. The summed E-state index contributed by atoms with van der Waals surface area (Å²) in [4.78, 5) is 38.0. The molecule has 0 bridgehead atoms. The van der Waals surface area contributed by atoms with E-state index in [2.05, 4.69) is 48.2 Å². The number of halogens is 2. The number of carbonyl (C=O) groups excluding carboxylic acids is 3. The van der Waals surface area contributed by atoms with Crippen LogP contribution in [0.15, 0.2) is 46.7 Å². The van der Waals surface area contributed by atoms with Crippen LogP contribution in [0, 0.1) is 28.4 Å². The molecule has 2 N–H and O–H groups in total. The lowest BCUT2D eigenvalue weighted by molar-refractivity contribution is -0.134. The number of rotatable bonds is 10. The van der Waals surface area contributed by atoms with E-state index in [0.717, 1.165) is 12.8 Å². The molecule has 1 aromatic carbocycles. The molecule has 1 unspecified atom stereocenters. The molecule has 1 heterocycles. The molecule has 1 aromatic rings. The minimum Gasteiger partial charge on any atom is -0.342 e. The third-order valence-corrected chi connectivity index (χ3v) is 8.39. The lowest BCUT2D eigenvalue weighted by Crippen LogP contribution is -2.46. The van der Waals surface area contributed by atoms with Gasteiger partial charge in [-0.1, -0.05) is 33.4 Å². The first-order valence-electron chi connectivity index (χ1n) is 12.9. The van der Waals surface area contributed by atoms with Crippen LogP contribution in [0.5, 0.6) is 0 Å². The molecule has 0 radical (unpaired) electrons. The minimum atomic E-state index is -0.723. The topological polar surface area (TPSA) is 103 Å². The van der Waals surface area contributed by atoms with Crippen LogP contribution in [0.4, 0.5) is 13.6 Å². The van der Waals surface area contributed by atoms with Crippen LogP contribution < -0.4 is 10.6 Å². The summed E-state index contributed by atoms with van der Waals surface area (Å²) in [6, 6.07) is 2.42. The second-order valence-corrected chi connectivity index (χ2v) is 10.8. The Morgan fingerprint density at radius 2 is 1.89 bits per heavy atom. The number of nitrogens with zero attached hydrogens (tertiary/aromatic N) is 3. The van der Waals surface area contributed by atoms with Crippen molar-refractivity contribution >= 4 is 23.5 Å². The molecule has 1 aliphatic carbocycles. The third kappa shape index (κ3) is 5.84. The van der Waals surface area contributed by atoms with Gasteiger partial charge in [0.15, 0.2) is 0 Å². The van der Waals surface area contributed by atoms with Gasteiger partial charge in [0.1, 0.15) is 17.7 Å². The summed E-state index contributed by atoms with van der Waals surface area (Å²) in [5.74, 6) is -1.96. The second-order valence-electron chi connectivity index (χ2n) is 10.8. The highest BCUT2D eigenvalue weighted by Gasteiger charge is 2.52. The maximum Gasteiger partial charge on any atom is 0.322 e. The summed E-state index contributed by atoms with van der Waals surface area (Å²) in [5, 5.41) is 12.5.